The highest BCUT2D eigenvalue weighted by Gasteiger charge is 2.33. The number of anilines is 1. The summed E-state index contributed by atoms with van der Waals surface area (Å²) in [6.45, 7) is 3.52. The zero-order valence-corrected chi connectivity index (χ0v) is 15.1. The van der Waals surface area contributed by atoms with Gasteiger partial charge in [-0.3, -0.25) is 9.48 Å². The molecule has 2 N–H and O–H groups in total. The average molecular weight is 387 g/mol. The Morgan fingerprint density at radius 2 is 2.00 bits per heavy atom. The number of thioether (sulfide) groups is 1. The largest absolute Gasteiger partial charge is 0.435 e. The molecule has 2 rings (SSSR count). The van der Waals surface area contributed by atoms with Crippen molar-refractivity contribution < 1.29 is 23.1 Å². The van der Waals surface area contributed by atoms with Crippen LogP contribution < -0.4 is 5.32 Å². The Morgan fingerprint density at radius 3 is 2.62 bits per heavy atom. The summed E-state index contributed by atoms with van der Waals surface area (Å²) in [4.78, 5) is 12.6. The van der Waals surface area contributed by atoms with E-state index in [0.29, 0.717) is 5.69 Å². The molecule has 0 bridgehead atoms. The maximum Gasteiger partial charge on any atom is 0.435 e. The minimum Gasteiger partial charge on any atom is -0.390 e. The number of aliphatic hydroxyl groups excluding tert-OH is 1. The lowest BCUT2D eigenvalue weighted by atomic mass is 10.2. The van der Waals surface area contributed by atoms with Crippen molar-refractivity contribution in [3.8, 4) is 0 Å². The molecule has 0 fully saturated rings. The third-order valence-corrected chi connectivity index (χ3v) is 4.65. The Labute approximate surface area is 153 Å². The van der Waals surface area contributed by atoms with Crippen molar-refractivity contribution >= 4 is 23.4 Å². The van der Waals surface area contributed by atoms with E-state index in [9.17, 15) is 23.1 Å². The molecule has 26 heavy (non-hydrogen) atoms. The highest BCUT2D eigenvalue weighted by atomic mass is 32.2. The molecule has 0 saturated carbocycles. The summed E-state index contributed by atoms with van der Waals surface area (Å²) < 4.78 is 38.7. The molecule has 1 aromatic carbocycles. The first-order valence-corrected chi connectivity index (χ1v) is 8.96. The fraction of sp³-hybridized carbons (Fsp3) is 0.412. The summed E-state index contributed by atoms with van der Waals surface area (Å²) in [5.74, 6) is -0.0356. The maximum atomic E-state index is 12.5. The van der Waals surface area contributed by atoms with Crippen LogP contribution in [0.1, 0.15) is 19.5 Å². The van der Waals surface area contributed by atoms with E-state index in [1.165, 1.54) is 18.0 Å². The van der Waals surface area contributed by atoms with Gasteiger partial charge in [0, 0.05) is 22.8 Å². The van der Waals surface area contributed by atoms with Crippen LogP contribution in [0.5, 0.6) is 0 Å². The monoisotopic (exact) mass is 387 g/mol. The van der Waals surface area contributed by atoms with Crippen LogP contribution in [0.3, 0.4) is 0 Å². The van der Waals surface area contributed by atoms with Gasteiger partial charge in [-0.1, -0.05) is 26.0 Å². The van der Waals surface area contributed by atoms with Crippen LogP contribution in [0, 0.1) is 5.92 Å². The van der Waals surface area contributed by atoms with Gasteiger partial charge in [-0.05, 0) is 18.2 Å². The second-order valence-corrected chi connectivity index (χ2v) is 7.09. The molecule has 2 aromatic rings. The summed E-state index contributed by atoms with van der Waals surface area (Å²) >= 11 is 1.31. The molecule has 1 atom stereocenters. The molecular weight excluding hydrogens is 367 g/mol. The third kappa shape index (κ3) is 5.77. The number of rotatable bonds is 7. The van der Waals surface area contributed by atoms with E-state index in [2.05, 4.69) is 10.4 Å². The molecule has 142 valence electrons. The van der Waals surface area contributed by atoms with Crippen LogP contribution >= 0.6 is 11.8 Å². The molecule has 1 amide bonds. The Bertz CT molecular complexity index is 747. The number of amides is 1. The molecule has 0 saturated heterocycles. The van der Waals surface area contributed by atoms with Crippen LogP contribution in [0.2, 0.25) is 0 Å². The van der Waals surface area contributed by atoms with E-state index in [0.717, 1.165) is 15.6 Å². The first kappa shape index (κ1) is 20.3. The number of aliphatic hydroxyl groups is 1. The number of carbonyl (C=O) groups is 1. The normalized spacial score (nSPS) is 13.0. The van der Waals surface area contributed by atoms with Crippen molar-refractivity contribution in [1.29, 1.82) is 0 Å². The summed E-state index contributed by atoms with van der Waals surface area (Å²) in [7, 11) is 0. The highest BCUT2D eigenvalue weighted by Crippen LogP contribution is 2.29. The van der Waals surface area contributed by atoms with E-state index in [-0.39, 0.29) is 24.1 Å². The van der Waals surface area contributed by atoms with E-state index < -0.39 is 18.0 Å². The third-order valence-electron chi connectivity index (χ3n) is 3.43. The summed E-state index contributed by atoms with van der Waals surface area (Å²) in [6, 6.07) is 8.04. The molecular formula is C17H20F3N3O2S. The van der Waals surface area contributed by atoms with Gasteiger partial charge < -0.3 is 10.4 Å². The maximum absolute atomic E-state index is 12.5. The summed E-state index contributed by atoms with van der Waals surface area (Å²) in [6.07, 6.45) is -4.21. The standard InChI is InChI=1S/C17H20F3N3O2S/c1-11(2)16(25)21-13-5-3-4-6-14(13)26-10-12(24)9-23-8-7-15(22-23)17(18,19)20/h3-8,11-12,24H,9-10H2,1-2H3,(H,21,25)/t12-/m1/s1. The first-order valence-electron chi connectivity index (χ1n) is 7.98. The highest BCUT2D eigenvalue weighted by molar-refractivity contribution is 7.99. The number of aromatic nitrogens is 2. The zero-order valence-electron chi connectivity index (χ0n) is 14.3. The predicted octanol–water partition coefficient (Wildman–Crippen LogP) is 3.65. The predicted molar refractivity (Wildman–Crippen MR) is 93.9 cm³/mol. The molecule has 0 aliphatic rings. The van der Waals surface area contributed by atoms with Crippen LogP contribution in [-0.2, 0) is 17.5 Å². The van der Waals surface area contributed by atoms with Crippen molar-refractivity contribution in [2.24, 2.45) is 5.92 Å². The van der Waals surface area contributed by atoms with Crippen LogP contribution in [-0.4, -0.2) is 32.7 Å². The molecule has 0 aliphatic heterocycles. The number of carbonyl (C=O) groups excluding carboxylic acids is 1. The van der Waals surface area contributed by atoms with E-state index in [1.807, 2.05) is 12.1 Å². The van der Waals surface area contributed by atoms with Gasteiger partial charge >= 0.3 is 6.18 Å². The Hall–Kier alpha value is -2.00. The lowest BCUT2D eigenvalue weighted by molar-refractivity contribution is -0.141. The Balaban J connectivity index is 1.94. The number of benzene rings is 1. The first-order chi connectivity index (χ1) is 12.2. The number of hydrogen-bond donors (Lipinski definition) is 2. The molecule has 1 aromatic heterocycles. The minimum atomic E-state index is -4.50. The Morgan fingerprint density at radius 1 is 1.31 bits per heavy atom. The fourth-order valence-corrected chi connectivity index (χ4v) is 2.97. The smallest absolute Gasteiger partial charge is 0.390 e. The van der Waals surface area contributed by atoms with Gasteiger partial charge in [0.05, 0.1) is 18.3 Å². The molecule has 0 spiro atoms. The molecule has 5 nitrogen and oxygen atoms in total. The topological polar surface area (TPSA) is 67.2 Å². The number of nitrogens with zero attached hydrogens (tertiary/aromatic N) is 2. The van der Waals surface area contributed by atoms with Crippen molar-refractivity contribution in [3.63, 3.8) is 0 Å². The lowest BCUT2D eigenvalue weighted by Crippen LogP contribution is -2.20. The number of halogens is 3. The SMILES string of the molecule is CC(C)C(=O)Nc1ccccc1SC[C@H](O)Cn1ccc(C(F)(F)F)n1. The van der Waals surface area contributed by atoms with E-state index in [4.69, 9.17) is 0 Å². The van der Waals surface area contributed by atoms with Gasteiger partial charge in [0.15, 0.2) is 5.69 Å². The van der Waals surface area contributed by atoms with E-state index >= 15 is 0 Å². The lowest BCUT2D eigenvalue weighted by Gasteiger charge is -2.14. The van der Waals surface area contributed by atoms with Gasteiger partial charge in [0.25, 0.3) is 0 Å². The summed E-state index contributed by atoms with van der Waals surface area (Å²) in [5, 5.41) is 16.3. The molecule has 0 aliphatic carbocycles. The average Bonchev–Trinajstić information content (AvgIpc) is 3.02. The van der Waals surface area contributed by atoms with Gasteiger partial charge in [0.2, 0.25) is 5.91 Å². The second-order valence-electron chi connectivity index (χ2n) is 6.03. The van der Waals surface area contributed by atoms with Crippen molar-refractivity contribution in [3.05, 3.63) is 42.2 Å². The zero-order chi connectivity index (χ0) is 19.3. The van der Waals surface area contributed by atoms with E-state index in [1.54, 1.807) is 26.0 Å². The van der Waals surface area contributed by atoms with Crippen molar-refractivity contribution in [1.82, 2.24) is 9.78 Å². The quantitative estimate of drug-likeness (QED) is 0.712. The number of alkyl halides is 3. The minimum absolute atomic E-state index is 0.0520. The molecule has 9 heteroatoms. The number of hydrogen-bond acceptors (Lipinski definition) is 4. The molecule has 0 unspecified atom stereocenters. The Kier molecular flexibility index (Phi) is 6.71. The van der Waals surface area contributed by atoms with Crippen LogP contribution in [0.15, 0.2) is 41.4 Å². The van der Waals surface area contributed by atoms with Gasteiger partial charge in [-0.25, -0.2) is 0 Å². The second kappa shape index (κ2) is 8.59. The van der Waals surface area contributed by atoms with Crippen LogP contribution in [0.25, 0.3) is 0 Å². The van der Waals surface area contributed by atoms with Crippen molar-refractivity contribution in [2.45, 2.75) is 37.6 Å². The molecule has 1 heterocycles. The van der Waals surface area contributed by atoms with Gasteiger partial charge in [-0.2, -0.15) is 18.3 Å². The number of nitrogens with one attached hydrogen (secondary N) is 1. The van der Waals surface area contributed by atoms with Gasteiger partial charge in [-0.15, -0.1) is 11.8 Å². The fourth-order valence-electron chi connectivity index (χ4n) is 2.04. The number of para-hydroxylation sites is 1. The van der Waals surface area contributed by atoms with Gasteiger partial charge in [0.1, 0.15) is 0 Å². The summed E-state index contributed by atoms with van der Waals surface area (Å²) in [5.41, 5.74) is -0.346. The van der Waals surface area contributed by atoms with Crippen LogP contribution in [0.4, 0.5) is 18.9 Å². The van der Waals surface area contributed by atoms with Crippen molar-refractivity contribution in [2.75, 3.05) is 11.1 Å². The molecule has 0 radical (unpaired) electrons.